The molecule has 0 aromatic rings. The van der Waals surface area contributed by atoms with Crippen molar-refractivity contribution in [2.45, 2.75) is 15.7 Å². The third-order valence-electron chi connectivity index (χ3n) is 1.31. The second-order valence-electron chi connectivity index (χ2n) is 2.61. The van der Waals surface area contributed by atoms with Crippen LogP contribution in [0.5, 0.6) is 0 Å². The summed E-state index contributed by atoms with van der Waals surface area (Å²) in [6.45, 7) is 0. The molecule has 0 spiro atoms. The minimum atomic E-state index is 0.0975. The van der Waals surface area contributed by atoms with Crippen LogP contribution in [0.4, 0.5) is 0 Å². The van der Waals surface area contributed by atoms with Gasteiger partial charge in [0.1, 0.15) is 0 Å². The Balaban J connectivity index is 2.86. The lowest BCUT2D eigenvalue weighted by atomic mass is 10.1. The van der Waals surface area contributed by atoms with E-state index in [0.717, 1.165) is 12.8 Å². The largest absolute Gasteiger partial charge is 0.512 e. The molecule has 1 N–H and O–H groups in total. The molecule has 1 aliphatic carbocycles. The molecule has 1 nitrogen and oxygen atoms in total. The fourth-order valence-corrected chi connectivity index (χ4v) is 7.94. The van der Waals surface area contributed by atoms with Gasteiger partial charge in [0.05, 0.1) is 8.62 Å². The maximum atomic E-state index is 9.42. The highest BCUT2D eigenvalue weighted by atomic mass is 127. The SMILES string of the molecule is OC1=CC(I)(I)CC(I)(I)C1. The number of aliphatic hydroxyl groups is 1. The summed E-state index contributed by atoms with van der Waals surface area (Å²) in [5.41, 5.74) is 0. The van der Waals surface area contributed by atoms with E-state index in [1.54, 1.807) is 0 Å². The molecular formula is C6H6I4O. The molecule has 0 aromatic heterocycles. The van der Waals surface area contributed by atoms with Crippen molar-refractivity contribution in [1.82, 2.24) is 0 Å². The molecule has 5 heteroatoms. The number of aliphatic hydroxyl groups excluding tert-OH is 1. The van der Waals surface area contributed by atoms with Crippen molar-refractivity contribution >= 4 is 90.4 Å². The first-order valence-electron chi connectivity index (χ1n) is 2.97. The Morgan fingerprint density at radius 2 is 1.82 bits per heavy atom. The number of hydrogen-bond donors (Lipinski definition) is 1. The van der Waals surface area contributed by atoms with Gasteiger partial charge in [0, 0.05) is 6.42 Å². The van der Waals surface area contributed by atoms with E-state index >= 15 is 0 Å². The van der Waals surface area contributed by atoms with Crippen molar-refractivity contribution in [3.63, 3.8) is 0 Å². The molecule has 64 valence electrons. The Bertz CT molecular complexity index is 197. The zero-order valence-electron chi connectivity index (χ0n) is 5.45. The molecule has 0 fully saturated rings. The fraction of sp³-hybridized carbons (Fsp3) is 0.667. The second kappa shape index (κ2) is 3.91. The average Bonchev–Trinajstić information content (AvgIpc) is 1.49. The van der Waals surface area contributed by atoms with Gasteiger partial charge in [0.15, 0.2) is 0 Å². The van der Waals surface area contributed by atoms with Crippen LogP contribution in [0, 0.1) is 0 Å². The van der Waals surface area contributed by atoms with Crippen LogP contribution < -0.4 is 0 Å². The predicted molar refractivity (Wildman–Crippen MR) is 81.5 cm³/mol. The van der Waals surface area contributed by atoms with E-state index < -0.39 is 0 Å². The molecule has 11 heavy (non-hydrogen) atoms. The first kappa shape index (κ1) is 11.5. The molecule has 0 amide bonds. The van der Waals surface area contributed by atoms with Crippen LogP contribution in [-0.4, -0.2) is 7.96 Å². The zero-order chi connectivity index (χ0) is 8.70. The first-order valence-corrected chi connectivity index (χ1v) is 7.29. The molecule has 0 bridgehead atoms. The standard InChI is InChI=1S/C6H6I4O/c7-5(8)1-4(11)2-6(9,10)3-5/h1,11H,2-3H2. The van der Waals surface area contributed by atoms with E-state index in [1.807, 2.05) is 6.08 Å². The number of hydrogen-bond acceptors (Lipinski definition) is 1. The summed E-state index contributed by atoms with van der Waals surface area (Å²) in [7, 11) is 0. The molecule has 1 aliphatic rings. The van der Waals surface area contributed by atoms with Crippen molar-refractivity contribution in [2.75, 3.05) is 0 Å². The summed E-state index contributed by atoms with van der Waals surface area (Å²) in [5, 5.41) is 9.42. The fourth-order valence-electron chi connectivity index (χ4n) is 1.02. The van der Waals surface area contributed by atoms with Crippen LogP contribution in [-0.2, 0) is 0 Å². The zero-order valence-corrected chi connectivity index (χ0v) is 14.1. The van der Waals surface area contributed by atoms with E-state index in [0.29, 0.717) is 5.76 Å². The summed E-state index contributed by atoms with van der Waals surface area (Å²) in [6, 6.07) is 0. The molecular weight excluding hydrogens is 596 g/mol. The van der Waals surface area contributed by atoms with Crippen LogP contribution in [0.1, 0.15) is 12.8 Å². The van der Waals surface area contributed by atoms with Crippen molar-refractivity contribution in [3.05, 3.63) is 11.8 Å². The molecule has 0 aliphatic heterocycles. The Morgan fingerprint density at radius 3 is 2.18 bits per heavy atom. The van der Waals surface area contributed by atoms with Crippen LogP contribution >= 0.6 is 90.4 Å². The highest BCUT2D eigenvalue weighted by Crippen LogP contribution is 2.51. The van der Waals surface area contributed by atoms with Gasteiger partial charge in [-0.2, -0.15) is 0 Å². The van der Waals surface area contributed by atoms with Gasteiger partial charge < -0.3 is 5.11 Å². The van der Waals surface area contributed by atoms with E-state index in [9.17, 15) is 5.11 Å². The van der Waals surface area contributed by atoms with Crippen molar-refractivity contribution in [2.24, 2.45) is 0 Å². The van der Waals surface area contributed by atoms with Gasteiger partial charge in [-0.05, 0) is 12.5 Å². The predicted octanol–water partition coefficient (Wildman–Crippen LogP) is 4.35. The smallest absolute Gasteiger partial charge is 0.0968 e. The average molecular weight is 602 g/mol. The number of allylic oxidation sites excluding steroid dienone is 2. The normalized spacial score (nSPS) is 27.8. The van der Waals surface area contributed by atoms with Gasteiger partial charge in [0.2, 0.25) is 0 Å². The van der Waals surface area contributed by atoms with Gasteiger partial charge in [0.25, 0.3) is 0 Å². The highest BCUT2D eigenvalue weighted by molar-refractivity contribution is 14.2. The number of halogens is 4. The molecule has 0 saturated heterocycles. The van der Waals surface area contributed by atoms with Crippen LogP contribution in [0.2, 0.25) is 0 Å². The van der Waals surface area contributed by atoms with E-state index in [1.165, 1.54) is 0 Å². The molecule has 0 radical (unpaired) electrons. The maximum absolute atomic E-state index is 9.42. The quantitative estimate of drug-likeness (QED) is 0.324. The molecule has 0 aromatic carbocycles. The van der Waals surface area contributed by atoms with Crippen LogP contribution in [0.15, 0.2) is 11.8 Å². The minimum Gasteiger partial charge on any atom is -0.512 e. The Hall–Kier alpha value is 2.46. The third-order valence-corrected chi connectivity index (χ3v) is 4.22. The lowest BCUT2D eigenvalue weighted by Gasteiger charge is -2.31. The lowest BCUT2D eigenvalue weighted by Crippen LogP contribution is -2.27. The minimum absolute atomic E-state index is 0.0975. The first-order chi connectivity index (χ1) is 4.81. The van der Waals surface area contributed by atoms with Crippen LogP contribution in [0.3, 0.4) is 0 Å². The van der Waals surface area contributed by atoms with Crippen LogP contribution in [0.25, 0.3) is 0 Å². The maximum Gasteiger partial charge on any atom is 0.0968 e. The molecule has 0 heterocycles. The summed E-state index contributed by atoms with van der Waals surface area (Å²) in [5.74, 6) is 0.531. The van der Waals surface area contributed by atoms with Gasteiger partial charge in [-0.25, -0.2) is 0 Å². The monoisotopic (exact) mass is 602 g/mol. The molecule has 1 rings (SSSR count). The van der Waals surface area contributed by atoms with Gasteiger partial charge in [-0.15, -0.1) is 0 Å². The summed E-state index contributed by atoms with van der Waals surface area (Å²) in [6.07, 6.45) is 3.85. The van der Waals surface area contributed by atoms with Crippen molar-refractivity contribution in [1.29, 1.82) is 0 Å². The highest BCUT2D eigenvalue weighted by Gasteiger charge is 2.38. The van der Waals surface area contributed by atoms with Gasteiger partial charge in [-0.3, -0.25) is 0 Å². The van der Waals surface area contributed by atoms with E-state index in [2.05, 4.69) is 90.4 Å². The summed E-state index contributed by atoms with van der Waals surface area (Å²) < 4.78 is 0.289. The lowest BCUT2D eigenvalue weighted by molar-refractivity contribution is 0.373. The van der Waals surface area contributed by atoms with Gasteiger partial charge >= 0.3 is 0 Å². The summed E-state index contributed by atoms with van der Waals surface area (Å²) >= 11 is 9.56. The van der Waals surface area contributed by atoms with Crippen molar-refractivity contribution in [3.8, 4) is 0 Å². The Labute approximate surface area is 121 Å². The number of rotatable bonds is 0. The molecule has 0 saturated carbocycles. The second-order valence-corrected chi connectivity index (χ2v) is 14.7. The topological polar surface area (TPSA) is 20.2 Å². The van der Waals surface area contributed by atoms with E-state index in [4.69, 9.17) is 0 Å². The molecule has 0 atom stereocenters. The third kappa shape index (κ3) is 4.00. The van der Waals surface area contributed by atoms with Crippen molar-refractivity contribution < 1.29 is 5.11 Å². The van der Waals surface area contributed by atoms with Gasteiger partial charge in [-0.1, -0.05) is 90.4 Å². The Kier molecular flexibility index (Phi) is 4.10. The summed E-state index contributed by atoms with van der Waals surface area (Å²) in [4.78, 5) is 0. The molecule has 0 unspecified atom stereocenters. The number of alkyl halides is 4. The van der Waals surface area contributed by atoms with E-state index in [-0.39, 0.29) is 2.86 Å². The Morgan fingerprint density at radius 1 is 1.27 bits per heavy atom.